The molecule has 1 spiro atoms. The molecule has 1 unspecified atom stereocenters. The van der Waals surface area contributed by atoms with Crippen LogP contribution in [0, 0.1) is 0 Å². The van der Waals surface area contributed by atoms with Gasteiger partial charge < -0.3 is 14.4 Å². The Hall–Kier alpha value is -0.120. The van der Waals surface area contributed by atoms with Gasteiger partial charge in [-0.3, -0.25) is 0 Å². The first-order chi connectivity index (χ1) is 7.28. The number of hydrogen-bond donors (Lipinski definition) is 0. The van der Waals surface area contributed by atoms with Gasteiger partial charge in [-0.2, -0.15) is 0 Å². The van der Waals surface area contributed by atoms with Gasteiger partial charge in [0.25, 0.3) is 0 Å². The van der Waals surface area contributed by atoms with Crippen LogP contribution in [0.2, 0.25) is 0 Å². The van der Waals surface area contributed by atoms with E-state index in [1.54, 1.807) is 7.11 Å². The van der Waals surface area contributed by atoms with Crippen LogP contribution < -0.4 is 0 Å². The van der Waals surface area contributed by atoms with Gasteiger partial charge in [0, 0.05) is 20.2 Å². The number of ether oxygens (including phenoxy) is 2. The lowest BCUT2D eigenvalue weighted by atomic mass is 9.84. The SMILES string of the molecule is CCN1CCC2(CCC(OC)CO2)CC1. The highest BCUT2D eigenvalue weighted by atomic mass is 16.5. The number of methoxy groups -OCH3 is 1. The molecule has 2 saturated heterocycles. The highest BCUT2D eigenvalue weighted by molar-refractivity contribution is 4.91. The number of rotatable bonds is 2. The first-order valence-corrected chi connectivity index (χ1v) is 6.17. The summed E-state index contributed by atoms with van der Waals surface area (Å²) in [5.41, 5.74) is 0.195. The van der Waals surface area contributed by atoms with Crippen LogP contribution in [0.3, 0.4) is 0 Å². The van der Waals surface area contributed by atoms with Gasteiger partial charge in [-0.05, 0) is 32.2 Å². The van der Waals surface area contributed by atoms with Crippen LogP contribution in [0.4, 0.5) is 0 Å². The van der Waals surface area contributed by atoms with Crippen molar-refractivity contribution in [1.82, 2.24) is 4.90 Å². The van der Waals surface area contributed by atoms with Gasteiger partial charge in [-0.1, -0.05) is 6.92 Å². The van der Waals surface area contributed by atoms with Gasteiger partial charge in [-0.25, -0.2) is 0 Å². The number of piperidine rings is 1. The largest absolute Gasteiger partial charge is 0.379 e. The molecule has 2 fully saturated rings. The Labute approximate surface area is 92.7 Å². The molecule has 1 atom stereocenters. The minimum atomic E-state index is 0.195. The first kappa shape index (κ1) is 11.4. The third-order valence-electron chi connectivity index (χ3n) is 4.05. The van der Waals surface area contributed by atoms with Crippen molar-refractivity contribution in [2.24, 2.45) is 0 Å². The predicted molar refractivity (Wildman–Crippen MR) is 60.1 cm³/mol. The number of hydrogen-bond acceptors (Lipinski definition) is 3. The Morgan fingerprint density at radius 2 is 2.07 bits per heavy atom. The molecule has 0 bridgehead atoms. The maximum absolute atomic E-state index is 6.05. The molecule has 0 saturated carbocycles. The zero-order chi connectivity index (χ0) is 10.7. The minimum absolute atomic E-state index is 0.195. The lowest BCUT2D eigenvalue weighted by Gasteiger charge is -2.45. The molecule has 0 aromatic heterocycles. The van der Waals surface area contributed by atoms with E-state index < -0.39 is 0 Å². The second-order valence-corrected chi connectivity index (χ2v) is 4.82. The molecule has 15 heavy (non-hydrogen) atoms. The van der Waals surface area contributed by atoms with E-state index in [4.69, 9.17) is 9.47 Å². The summed E-state index contributed by atoms with van der Waals surface area (Å²) in [6.45, 7) is 6.61. The quantitative estimate of drug-likeness (QED) is 0.696. The van der Waals surface area contributed by atoms with E-state index in [0.717, 1.165) is 6.61 Å². The molecule has 3 heteroatoms. The summed E-state index contributed by atoms with van der Waals surface area (Å²) < 4.78 is 11.4. The Morgan fingerprint density at radius 3 is 2.53 bits per heavy atom. The summed E-state index contributed by atoms with van der Waals surface area (Å²) in [5, 5.41) is 0. The number of nitrogens with zero attached hydrogens (tertiary/aromatic N) is 1. The van der Waals surface area contributed by atoms with Crippen LogP contribution >= 0.6 is 0 Å². The van der Waals surface area contributed by atoms with E-state index in [1.807, 2.05) is 0 Å². The van der Waals surface area contributed by atoms with Crippen molar-refractivity contribution >= 4 is 0 Å². The van der Waals surface area contributed by atoms with Crippen LogP contribution in [-0.4, -0.2) is 50.0 Å². The van der Waals surface area contributed by atoms with Crippen LogP contribution in [0.5, 0.6) is 0 Å². The van der Waals surface area contributed by atoms with Crippen molar-refractivity contribution in [3.05, 3.63) is 0 Å². The molecule has 0 aromatic carbocycles. The lowest BCUT2D eigenvalue weighted by molar-refractivity contribution is -0.153. The van der Waals surface area contributed by atoms with Crippen molar-refractivity contribution < 1.29 is 9.47 Å². The predicted octanol–water partition coefficient (Wildman–Crippen LogP) is 1.67. The molecule has 0 radical (unpaired) electrons. The smallest absolute Gasteiger partial charge is 0.0806 e. The topological polar surface area (TPSA) is 21.7 Å². The van der Waals surface area contributed by atoms with E-state index in [1.165, 1.54) is 45.3 Å². The van der Waals surface area contributed by atoms with E-state index in [0.29, 0.717) is 6.10 Å². The summed E-state index contributed by atoms with van der Waals surface area (Å²) in [5.74, 6) is 0. The molecule has 3 nitrogen and oxygen atoms in total. The molecule has 0 N–H and O–H groups in total. The van der Waals surface area contributed by atoms with Crippen LogP contribution in [0.1, 0.15) is 32.6 Å². The van der Waals surface area contributed by atoms with Gasteiger partial charge in [0.05, 0.1) is 18.3 Å². The fourth-order valence-electron chi connectivity index (χ4n) is 2.71. The summed E-state index contributed by atoms with van der Waals surface area (Å²) in [4.78, 5) is 2.51. The Bertz CT molecular complexity index is 166. The zero-order valence-corrected chi connectivity index (χ0v) is 10.00. The van der Waals surface area contributed by atoms with Gasteiger partial charge in [0.1, 0.15) is 0 Å². The van der Waals surface area contributed by atoms with Gasteiger partial charge in [0.2, 0.25) is 0 Å². The summed E-state index contributed by atoms with van der Waals surface area (Å²) in [7, 11) is 1.78. The molecule has 88 valence electrons. The van der Waals surface area contributed by atoms with Crippen LogP contribution in [0.15, 0.2) is 0 Å². The van der Waals surface area contributed by atoms with E-state index >= 15 is 0 Å². The second kappa shape index (κ2) is 4.81. The van der Waals surface area contributed by atoms with Crippen molar-refractivity contribution in [2.45, 2.75) is 44.3 Å². The average molecular weight is 213 g/mol. The van der Waals surface area contributed by atoms with Crippen molar-refractivity contribution in [1.29, 1.82) is 0 Å². The standard InChI is InChI=1S/C12H23NO2/c1-3-13-8-6-12(7-9-13)5-4-11(14-2)10-15-12/h11H,3-10H2,1-2H3. The third-order valence-corrected chi connectivity index (χ3v) is 4.05. The monoisotopic (exact) mass is 213 g/mol. The van der Waals surface area contributed by atoms with Gasteiger partial charge >= 0.3 is 0 Å². The maximum atomic E-state index is 6.05. The lowest BCUT2D eigenvalue weighted by Crippen LogP contribution is -2.49. The van der Waals surface area contributed by atoms with Gasteiger partial charge in [-0.15, -0.1) is 0 Å². The van der Waals surface area contributed by atoms with E-state index in [9.17, 15) is 0 Å². The number of likely N-dealkylation sites (tertiary alicyclic amines) is 1. The molecule has 2 aliphatic rings. The van der Waals surface area contributed by atoms with Crippen molar-refractivity contribution in [3.8, 4) is 0 Å². The zero-order valence-electron chi connectivity index (χ0n) is 10.00. The second-order valence-electron chi connectivity index (χ2n) is 4.82. The van der Waals surface area contributed by atoms with Crippen molar-refractivity contribution in [2.75, 3.05) is 33.4 Å². The fourth-order valence-corrected chi connectivity index (χ4v) is 2.71. The van der Waals surface area contributed by atoms with E-state index in [2.05, 4.69) is 11.8 Å². The minimum Gasteiger partial charge on any atom is -0.379 e. The van der Waals surface area contributed by atoms with Crippen molar-refractivity contribution in [3.63, 3.8) is 0 Å². The van der Waals surface area contributed by atoms with E-state index in [-0.39, 0.29) is 5.60 Å². The third kappa shape index (κ3) is 2.52. The average Bonchev–Trinajstić information content (AvgIpc) is 2.31. The molecule has 2 aliphatic heterocycles. The summed E-state index contributed by atoms with van der Waals surface area (Å²) in [6.07, 6.45) is 5.10. The molecule has 0 aliphatic carbocycles. The molecule has 0 aromatic rings. The van der Waals surface area contributed by atoms with Gasteiger partial charge in [0.15, 0.2) is 0 Å². The molecular weight excluding hydrogens is 190 g/mol. The van der Waals surface area contributed by atoms with Crippen LogP contribution in [-0.2, 0) is 9.47 Å². The highest BCUT2D eigenvalue weighted by Gasteiger charge is 2.38. The summed E-state index contributed by atoms with van der Waals surface area (Å²) in [6, 6.07) is 0. The molecule has 2 rings (SSSR count). The maximum Gasteiger partial charge on any atom is 0.0806 e. The highest BCUT2D eigenvalue weighted by Crippen LogP contribution is 2.35. The molecule has 0 amide bonds. The fraction of sp³-hybridized carbons (Fsp3) is 1.00. The van der Waals surface area contributed by atoms with Crippen LogP contribution in [0.25, 0.3) is 0 Å². The Balaban J connectivity index is 1.83. The molecular formula is C12H23NO2. The molecule has 2 heterocycles. The Morgan fingerprint density at radius 1 is 1.33 bits per heavy atom. The first-order valence-electron chi connectivity index (χ1n) is 6.17. The normalized spacial score (nSPS) is 32.0. The summed E-state index contributed by atoms with van der Waals surface area (Å²) >= 11 is 0. The Kier molecular flexibility index (Phi) is 3.65.